The molecule has 0 aliphatic carbocycles. The maximum absolute atomic E-state index is 11.8. The largest absolute Gasteiger partial charge is 0.465 e. The first-order valence-corrected chi connectivity index (χ1v) is 7.08. The van der Waals surface area contributed by atoms with E-state index in [2.05, 4.69) is 15.6 Å². The molecule has 0 spiro atoms. The average Bonchev–Trinajstić information content (AvgIpc) is 3.01. The molecular formula is C14H14N2O2S. The first-order chi connectivity index (χ1) is 9.22. The fourth-order valence-corrected chi connectivity index (χ4v) is 3.85. The van der Waals surface area contributed by atoms with Crippen LogP contribution in [0, 0.1) is 6.92 Å². The van der Waals surface area contributed by atoms with Gasteiger partial charge in [-0.15, -0.1) is 11.8 Å². The summed E-state index contributed by atoms with van der Waals surface area (Å²) in [7, 11) is 1.42. The molecule has 0 saturated heterocycles. The van der Waals surface area contributed by atoms with Crippen LogP contribution < -0.4 is 0 Å². The average molecular weight is 274 g/mol. The predicted octanol–water partition coefficient (Wildman–Crippen LogP) is 2.77. The van der Waals surface area contributed by atoms with E-state index in [0.717, 1.165) is 22.7 Å². The van der Waals surface area contributed by atoms with Gasteiger partial charge in [0.1, 0.15) is 5.37 Å². The maximum atomic E-state index is 11.8. The van der Waals surface area contributed by atoms with E-state index in [9.17, 15) is 4.79 Å². The molecule has 98 valence electrons. The topological polar surface area (TPSA) is 44.1 Å². The zero-order chi connectivity index (χ0) is 13.4. The van der Waals surface area contributed by atoms with Gasteiger partial charge in [-0.25, -0.2) is 4.79 Å². The van der Waals surface area contributed by atoms with Gasteiger partial charge in [0, 0.05) is 35.1 Å². The van der Waals surface area contributed by atoms with Crippen LogP contribution in [0.25, 0.3) is 0 Å². The molecule has 0 aromatic carbocycles. The number of nitrogens with zero attached hydrogens (tertiary/aromatic N) is 2. The number of fused-ring (bicyclic) bond motifs is 1. The number of carbonyl (C=O) groups excluding carboxylic acids is 1. The van der Waals surface area contributed by atoms with Gasteiger partial charge in [-0.2, -0.15) is 0 Å². The summed E-state index contributed by atoms with van der Waals surface area (Å²) >= 11 is 1.80. The molecule has 4 nitrogen and oxygen atoms in total. The molecule has 3 heterocycles. The first kappa shape index (κ1) is 12.3. The Morgan fingerprint density at radius 3 is 3.11 bits per heavy atom. The number of methoxy groups -OCH3 is 1. The number of esters is 1. The van der Waals surface area contributed by atoms with Crippen molar-refractivity contribution in [1.29, 1.82) is 0 Å². The Morgan fingerprint density at radius 1 is 1.58 bits per heavy atom. The van der Waals surface area contributed by atoms with Crippen molar-refractivity contribution >= 4 is 17.7 Å². The summed E-state index contributed by atoms with van der Waals surface area (Å²) in [6, 6.07) is 5.91. The Kier molecular flexibility index (Phi) is 3.06. The quantitative estimate of drug-likeness (QED) is 0.790. The number of carbonyl (C=O) groups is 1. The van der Waals surface area contributed by atoms with Crippen molar-refractivity contribution in [3.05, 3.63) is 53.1 Å². The predicted molar refractivity (Wildman–Crippen MR) is 74.2 cm³/mol. The van der Waals surface area contributed by atoms with E-state index in [4.69, 9.17) is 4.74 Å². The Balaban J connectivity index is 2.06. The van der Waals surface area contributed by atoms with Gasteiger partial charge in [0.25, 0.3) is 0 Å². The van der Waals surface area contributed by atoms with E-state index >= 15 is 0 Å². The number of ether oxygens (including phenoxy) is 1. The van der Waals surface area contributed by atoms with Crippen molar-refractivity contribution in [2.75, 3.05) is 7.11 Å². The van der Waals surface area contributed by atoms with Crippen molar-refractivity contribution in [3.8, 4) is 0 Å². The maximum Gasteiger partial charge on any atom is 0.339 e. The van der Waals surface area contributed by atoms with Crippen LogP contribution in [-0.2, 0) is 10.5 Å². The molecule has 0 amide bonds. The van der Waals surface area contributed by atoms with Crippen LogP contribution in [0.15, 0.2) is 30.6 Å². The zero-order valence-electron chi connectivity index (χ0n) is 10.8. The standard InChI is InChI=1S/C14H14N2O2S/c1-9-6-11(14(17)18-2)12-8-19-13(16(9)12)10-4-3-5-15-7-10/h3-7,13H,8H2,1-2H3. The summed E-state index contributed by atoms with van der Waals surface area (Å²) in [6.45, 7) is 2.02. The van der Waals surface area contributed by atoms with Crippen molar-refractivity contribution in [1.82, 2.24) is 9.55 Å². The number of hydrogen-bond acceptors (Lipinski definition) is 4. The third-order valence-corrected chi connectivity index (χ3v) is 4.56. The summed E-state index contributed by atoms with van der Waals surface area (Å²) in [6.07, 6.45) is 3.65. The number of thioether (sulfide) groups is 1. The molecule has 0 fully saturated rings. The molecule has 0 bridgehead atoms. The highest BCUT2D eigenvalue weighted by Crippen LogP contribution is 2.43. The van der Waals surface area contributed by atoms with Gasteiger partial charge in [-0.05, 0) is 19.1 Å². The molecule has 1 aliphatic heterocycles. The lowest BCUT2D eigenvalue weighted by molar-refractivity contribution is 0.0600. The van der Waals surface area contributed by atoms with Crippen molar-refractivity contribution < 1.29 is 9.53 Å². The van der Waals surface area contributed by atoms with Crippen LogP contribution >= 0.6 is 11.8 Å². The molecule has 2 aromatic rings. The summed E-state index contributed by atoms with van der Waals surface area (Å²) in [5.74, 6) is 0.557. The molecule has 0 saturated carbocycles. The molecule has 19 heavy (non-hydrogen) atoms. The van der Waals surface area contributed by atoms with Crippen molar-refractivity contribution in [2.45, 2.75) is 18.1 Å². The Bertz CT molecular complexity index is 622. The molecular weight excluding hydrogens is 260 g/mol. The summed E-state index contributed by atoms with van der Waals surface area (Å²) in [4.78, 5) is 15.9. The molecule has 1 unspecified atom stereocenters. The first-order valence-electron chi connectivity index (χ1n) is 6.03. The molecule has 0 N–H and O–H groups in total. The van der Waals surface area contributed by atoms with Crippen LogP contribution in [0.4, 0.5) is 0 Å². The van der Waals surface area contributed by atoms with E-state index < -0.39 is 0 Å². The summed E-state index contributed by atoms with van der Waals surface area (Å²) in [5, 5.41) is 0.196. The number of aromatic nitrogens is 2. The fraction of sp³-hybridized carbons (Fsp3) is 0.286. The smallest absolute Gasteiger partial charge is 0.339 e. The van der Waals surface area contributed by atoms with E-state index in [1.54, 1.807) is 18.0 Å². The normalized spacial score (nSPS) is 17.3. The van der Waals surface area contributed by atoms with Gasteiger partial charge in [-0.3, -0.25) is 4.98 Å². The third-order valence-electron chi connectivity index (χ3n) is 3.32. The second-order valence-electron chi connectivity index (χ2n) is 4.46. The minimum absolute atomic E-state index is 0.196. The van der Waals surface area contributed by atoms with Crippen molar-refractivity contribution in [3.63, 3.8) is 0 Å². The van der Waals surface area contributed by atoms with Crippen molar-refractivity contribution in [2.24, 2.45) is 0 Å². The third kappa shape index (κ3) is 1.94. The minimum atomic E-state index is -0.260. The van der Waals surface area contributed by atoms with Crippen LogP contribution in [0.3, 0.4) is 0 Å². The highest BCUT2D eigenvalue weighted by molar-refractivity contribution is 7.99. The number of aryl methyl sites for hydroxylation is 1. The lowest BCUT2D eigenvalue weighted by Gasteiger charge is -2.14. The molecule has 5 heteroatoms. The second kappa shape index (κ2) is 4.74. The van der Waals surface area contributed by atoms with Gasteiger partial charge in [-0.1, -0.05) is 6.07 Å². The lowest BCUT2D eigenvalue weighted by Crippen LogP contribution is -2.07. The number of hydrogen-bond donors (Lipinski definition) is 0. The van der Waals surface area contributed by atoms with Crippen LogP contribution in [0.2, 0.25) is 0 Å². The van der Waals surface area contributed by atoms with Gasteiger partial charge in [0.15, 0.2) is 0 Å². The van der Waals surface area contributed by atoms with E-state index in [0.29, 0.717) is 5.56 Å². The van der Waals surface area contributed by atoms with E-state index in [-0.39, 0.29) is 11.3 Å². The van der Waals surface area contributed by atoms with Crippen LogP contribution in [-0.4, -0.2) is 22.6 Å². The Morgan fingerprint density at radius 2 is 2.42 bits per heavy atom. The van der Waals surface area contributed by atoms with Gasteiger partial charge >= 0.3 is 5.97 Å². The summed E-state index contributed by atoms with van der Waals surface area (Å²) in [5.41, 5.74) is 3.96. The highest BCUT2D eigenvalue weighted by atomic mass is 32.2. The lowest BCUT2D eigenvalue weighted by atomic mass is 10.2. The minimum Gasteiger partial charge on any atom is -0.465 e. The molecule has 0 radical (unpaired) electrons. The number of rotatable bonds is 2. The van der Waals surface area contributed by atoms with E-state index in [1.807, 2.05) is 25.3 Å². The molecule has 1 atom stereocenters. The SMILES string of the molecule is COC(=O)c1cc(C)n2c1CSC2c1cccnc1. The highest BCUT2D eigenvalue weighted by Gasteiger charge is 2.30. The fourth-order valence-electron chi connectivity index (χ4n) is 2.46. The van der Waals surface area contributed by atoms with Gasteiger partial charge in [0.2, 0.25) is 0 Å². The second-order valence-corrected chi connectivity index (χ2v) is 5.53. The number of pyridine rings is 1. The Hall–Kier alpha value is -1.75. The van der Waals surface area contributed by atoms with Gasteiger partial charge in [0.05, 0.1) is 12.7 Å². The molecule has 1 aliphatic rings. The van der Waals surface area contributed by atoms with Crippen LogP contribution in [0.1, 0.15) is 32.7 Å². The summed E-state index contributed by atoms with van der Waals surface area (Å²) < 4.78 is 7.04. The zero-order valence-corrected chi connectivity index (χ0v) is 11.6. The Labute approximate surface area is 115 Å². The van der Waals surface area contributed by atoms with E-state index in [1.165, 1.54) is 7.11 Å². The van der Waals surface area contributed by atoms with Gasteiger partial charge < -0.3 is 9.30 Å². The molecule has 3 rings (SSSR count). The monoisotopic (exact) mass is 274 g/mol. The molecule has 2 aromatic heterocycles. The van der Waals surface area contributed by atoms with Crippen LogP contribution in [0.5, 0.6) is 0 Å².